The Morgan fingerprint density at radius 3 is 2.55 bits per heavy atom. The zero-order valence-corrected chi connectivity index (χ0v) is 12.3. The zero-order valence-electron chi connectivity index (χ0n) is 12.3. The lowest BCUT2D eigenvalue weighted by Gasteiger charge is -2.09. The Morgan fingerprint density at radius 2 is 1.95 bits per heavy atom. The summed E-state index contributed by atoms with van der Waals surface area (Å²) in [5, 5.41) is 3.11. The summed E-state index contributed by atoms with van der Waals surface area (Å²) in [6, 6.07) is 8.43. The SMILES string of the molecule is CCn1ccnc(NCc2ccc(C(C)C)cc2)c1=O. The van der Waals surface area contributed by atoms with E-state index in [4.69, 9.17) is 0 Å². The van der Waals surface area contributed by atoms with Crippen molar-refractivity contribution in [1.82, 2.24) is 9.55 Å². The monoisotopic (exact) mass is 271 g/mol. The lowest BCUT2D eigenvalue weighted by molar-refractivity contribution is 0.718. The van der Waals surface area contributed by atoms with E-state index in [0.717, 1.165) is 5.56 Å². The number of hydrogen-bond acceptors (Lipinski definition) is 3. The summed E-state index contributed by atoms with van der Waals surface area (Å²) in [5.41, 5.74) is 2.39. The van der Waals surface area contributed by atoms with E-state index in [-0.39, 0.29) is 5.56 Å². The van der Waals surface area contributed by atoms with E-state index in [2.05, 4.69) is 48.4 Å². The summed E-state index contributed by atoms with van der Waals surface area (Å²) >= 11 is 0. The van der Waals surface area contributed by atoms with Crippen LogP contribution in [-0.2, 0) is 13.1 Å². The number of aryl methyl sites for hydroxylation is 1. The van der Waals surface area contributed by atoms with Crippen LogP contribution in [-0.4, -0.2) is 9.55 Å². The topological polar surface area (TPSA) is 46.9 Å². The molecule has 0 fully saturated rings. The first-order valence-electron chi connectivity index (χ1n) is 7.00. The summed E-state index contributed by atoms with van der Waals surface area (Å²) in [6.45, 7) is 7.55. The number of nitrogens with zero attached hydrogens (tertiary/aromatic N) is 2. The Kier molecular flexibility index (Phi) is 4.56. The summed E-state index contributed by atoms with van der Waals surface area (Å²) < 4.78 is 1.64. The fraction of sp³-hybridized carbons (Fsp3) is 0.375. The van der Waals surface area contributed by atoms with Crippen molar-refractivity contribution in [1.29, 1.82) is 0 Å². The van der Waals surface area contributed by atoms with Crippen LogP contribution < -0.4 is 10.9 Å². The van der Waals surface area contributed by atoms with Gasteiger partial charge in [0, 0.05) is 25.5 Å². The van der Waals surface area contributed by atoms with Crippen LogP contribution in [0.1, 0.15) is 37.8 Å². The number of benzene rings is 1. The second kappa shape index (κ2) is 6.37. The van der Waals surface area contributed by atoms with Gasteiger partial charge in [0.2, 0.25) is 0 Å². The fourth-order valence-corrected chi connectivity index (χ4v) is 2.02. The van der Waals surface area contributed by atoms with Gasteiger partial charge in [-0.3, -0.25) is 4.79 Å². The molecule has 4 nitrogen and oxygen atoms in total. The lowest BCUT2D eigenvalue weighted by Crippen LogP contribution is -2.23. The molecule has 1 N–H and O–H groups in total. The van der Waals surface area contributed by atoms with Crippen LogP contribution >= 0.6 is 0 Å². The van der Waals surface area contributed by atoms with Crippen molar-refractivity contribution < 1.29 is 0 Å². The molecule has 106 valence electrons. The number of anilines is 1. The van der Waals surface area contributed by atoms with Gasteiger partial charge in [-0.05, 0) is 24.0 Å². The van der Waals surface area contributed by atoms with Crippen molar-refractivity contribution in [3.63, 3.8) is 0 Å². The standard InChI is InChI=1S/C16H21N3O/c1-4-19-10-9-17-15(16(19)20)18-11-13-5-7-14(8-6-13)12(2)3/h5-10,12H,4,11H2,1-3H3,(H,17,18). The van der Waals surface area contributed by atoms with Crippen LogP contribution in [0.3, 0.4) is 0 Å². The van der Waals surface area contributed by atoms with Gasteiger partial charge in [0.05, 0.1) is 0 Å². The van der Waals surface area contributed by atoms with E-state index < -0.39 is 0 Å². The third-order valence-electron chi connectivity index (χ3n) is 3.36. The molecule has 0 aliphatic heterocycles. The van der Waals surface area contributed by atoms with Crippen molar-refractivity contribution in [2.45, 2.75) is 39.8 Å². The molecule has 2 rings (SSSR count). The predicted octanol–water partition coefficient (Wildman–Crippen LogP) is 3.00. The second-order valence-corrected chi connectivity index (χ2v) is 5.12. The van der Waals surface area contributed by atoms with E-state index in [0.29, 0.717) is 24.8 Å². The molecule has 4 heteroatoms. The first kappa shape index (κ1) is 14.3. The van der Waals surface area contributed by atoms with E-state index >= 15 is 0 Å². The zero-order chi connectivity index (χ0) is 14.5. The molecule has 0 aliphatic rings. The molecule has 0 saturated carbocycles. The van der Waals surface area contributed by atoms with Gasteiger partial charge in [-0.15, -0.1) is 0 Å². The Bertz CT molecular complexity index is 614. The molecule has 0 aliphatic carbocycles. The molecule has 1 heterocycles. The summed E-state index contributed by atoms with van der Waals surface area (Å²) in [7, 11) is 0. The maximum absolute atomic E-state index is 12.0. The molecule has 0 radical (unpaired) electrons. The average molecular weight is 271 g/mol. The lowest BCUT2D eigenvalue weighted by atomic mass is 10.0. The molecule has 0 saturated heterocycles. The molecule has 1 aromatic carbocycles. The minimum atomic E-state index is -0.0752. The van der Waals surface area contributed by atoms with Crippen molar-refractivity contribution in [2.24, 2.45) is 0 Å². The fourth-order valence-electron chi connectivity index (χ4n) is 2.02. The highest BCUT2D eigenvalue weighted by molar-refractivity contribution is 5.33. The van der Waals surface area contributed by atoms with Crippen molar-refractivity contribution in [3.05, 3.63) is 58.1 Å². The summed E-state index contributed by atoms with van der Waals surface area (Å²) in [6.07, 6.45) is 3.35. The molecule has 0 atom stereocenters. The molecule has 1 aromatic heterocycles. The van der Waals surface area contributed by atoms with Crippen LogP contribution in [0.5, 0.6) is 0 Å². The minimum absolute atomic E-state index is 0.0752. The van der Waals surface area contributed by atoms with Gasteiger partial charge in [0.1, 0.15) is 0 Å². The molecular formula is C16H21N3O. The van der Waals surface area contributed by atoms with E-state index in [1.165, 1.54) is 5.56 Å². The number of rotatable bonds is 5. The number of nitrogens with one attached hydrogen (secondary N) is 1. The summed E-state index contributed by atoms with van der Waals surface area (Å²) in [5.74, 6) is 0.937. The predicted molar refractivity (Wildman–Crippen MR) is 82.0 cm³/mol. The Labute approximate surface area is 119 Å². The largest absolute Gasteiger partial charge is 0.361 e. The molecule has 0 unspecified atom stereocenters. The third kappa shape index (κ3) is 3.26. The average Bonchev–Trinajstić information content (AvgIpc) is 2.46. The van der Waals surface area contributed by atoms with Crippen LogP contribution in [0.2, 0.25) is 0 Å². The Hall–Kier alpha value is -2.10. The van der Waals surface area contributed by atoms with E-state index in [1.807, 2.05) is 6.92 Å². The van der Waals surface area contributed by atoms with Gasteiger partial charge in [-0.25, -0.2) is 4.98 Å². The van der Waals surface area contributed by atoms with E-state index in [1.54, 1.807) is 17.0 Å². The number of aromatic nitrogens is 2. The maximum Gasteiger partial charge on any atom is 0.293 e. The molecule has 20 heavy (non-hydrogen) atoms. The molecule has 0 amide bonds. The van der Waals surface area contributed by atoms with Crippen LogP contribution in [0.25, 0.3) is 0 Å². The van der Waals surface area contributed by atoms with Crippen molar-refractivity contribution in [3.8, 4) is 0 Å². The third-order valence-corrected chi connectivity index (χ3v) is 3.36. The van der Waals surface area contributed by atoms with Gasteiger partial charge in [-0.2, -0.15) is 0 Å². The van der Waals surface area contributed by atoms with Crippen molar-refractivity contribution >= 4 is 5.82 Å². The number of hydrogen-bond donors (Lipinski definition) is 1. The second-order valence-electron chi connectivity index (χ2n) is 5.12. The molecule has 0 bridgehead atoms. The van der Waals surface area contributed by atoms with Gasteiger partial charge < -0.3 is 9.88 Å². The maximum atomic E-state index is 12.0. The van der Waals surface area contributed by atoms with Crippen LogP contribution in [0.4, 0.5) is 5.82 Å². The molecule has 2 aromatic rings. The normalized spacial score (nSPS) is 10.8. The molecular weight excluding hydrogens is 250 g/mol. The van der Waals surface area contributed by atoms with E-state index in [9.17, 15) is 4.79 Å². The highest BCUT2D eigenvalue weighted by atomic mass is 16.1. The van der Waals surface area contributed by atoms with Crippen LogP contribution in [0.15, 0.2) is 41.5 Å². The first-order chi connectivity index (χ1) is 9.61. The van der Waals surface area contributed by atoms with Crippen LogP contribution in [0, 0.1) is 0 Å². The molecule has 0 spiro atoms. The smallest absolute Gasteiger partial charge is 0.293 e. The van der Waals surface area contributed by atoms with Gasteiger partial charge in [0.25, 0.3) is 5.56 Å². The minimum Gasteiger partial charge on any atom is -0.361 e. The first-order valence-corrected chi connectivity index (χ1v) is 7.00. The van der Waals surface area contributed by atoms with Gasteiger partial charge in [-0.1, -0.05) is 38.1 Å². The summed E-state index contributed by atoms with van der Waals surface area (Å²) in [4.78, 5) is 16.1. The van der Waals surface area contributed by atoms with Crippen molar-refractivity contribution in [2.75, 3.05) is 5.32 Å². The van der Waals surface area contributed by atoms with Gasteiger partial charge in [0.15, 0.2) is 5.82 Å². The Balaban J connectivity index is 2.07. The van der Waals surface area contributed by atoms with Gasteiger partial charge >= 0.3 is 0 Å². The quantitative estimate of drug-likeness (QED) is 0.909. The highest BCUT2D eigenvalue weighted by Crippen LogP contribution is 2.14. The Morgan fingerprint density at radius 1 is 1.25 bits per heavy atom. The highest BCUT2D eigenvalue weighted by Gasteiger charge is 2.04.